The molecule has 1 heterocycles. The number of carbonyl (C=O) groups is 2. The molecule has 3 N–H and O–H groups in total. The quantitative estimate of drug-likeness (QED) is 0.586. The van der Waals surface area contributed by atoms with Gasteiger partial charge < -0.3 is 10.8 Å². The minimum Gasteiger partial charge on any atom is -0.480 e. The number of hydrogen-bond acceptors (Lipinski definition) is 5. The molecule has 0 bridgehead atoms. The third-order valence-electron chi connectivity index (χ3n) is 3.67. The zero-order valence-electron chi connectivity index (χ0n) is 11.7. The number of nitrogens with zero attached hydrogens (tertiary/aromatic N) is 3. The first-order chi connectivity index (χ1) is 8.90. The van der Waals surface area contributed by atoms with Crippen LogP contribution in [-0.4, -0.2) is 90.6 Å². The second-order valence-corrected chi connectivity index (χ2v) is 5.07. The fourth-order valence-corrected chi connectivity index (χ4v) is 2.07. The van der Waals surface area contributed by atoms with Gasteiger partial charge in [0.25, 0.3) is 0 Å². The highest BCUT2D eigenvalue weighted by Gasteiger charge is 2.20. The summed E-state index contributed by atoms with van der Waals surface area (Å²) in [7, 11) is 1.89. The Morgan fingerprint density at radius 1 is 1.26 bits per heavy atom. The number of aliphatic carboxylic acids is 1. The number of nitrogens with two attached hydrogens (primary N) is 1. The molecule has 7 nitrogen and oxygen atoms in total. The van der Waals surface area contributed by atoms with Gasteiger partial charge >= 0.3 is 5.97 Å². The second kappa shape index (κ2) is 7.42. The van der Waals surface area contributed by atoms with Crippen molar-refractivity contribution in [3.8, 4) is 0 Å². The number of carboxylic acid groups (broad SMARTS) is 1. The smallest absolute Gasteiger partial charge is 0.317 e. The number of piperazine rings is 1. The van der Waals surface area contributed by atoms with Crippen LogP contribution in [0.15, 0.2) is 0 Å². The monoisotopic (exact) mass is 272 g/mol. The van der Waals surface area contributed by atoms with E-state index in [0.717, 1.165) is 39.3 Å². The Labute approximate surface area is 113 Å². The van der Waals surface area contributed by atoms with Gasteiger partial charge in [0, 0.05) is 39.3 Å². The molecule has 7 heteroatoms. The SMILES string of the molecule is C[C@@H](C(N)=O)N(C)CCN1CCN(CC(=O)O)CC1. The summed E-state index contributed by atoms with van der Waals surface area (Å²) in [4.78, 5) is 27.8. The van der Waals surface area contributed by atoms with E-state index >= 15 is 0 Å². The molecule has 0 radical (unpaired) electrons. The molecule has 0 aliphatic carbocycles. The highest BCUT2D eigenvalue weighted by Crippen LogP contribution is 2.02. The van der Waals surface area contributed by atoms with Crippen molar-refractivity contribution in [3.05, 3.63) is 0 Å². The lowest BCUT2D eigenvalue weighted by atomic mass is 10.2. The van der Waals surface area contributed by atoms with Gasteiger partial charge in [-0.05, 0) is 14.0 Å². The molecular formula is C12H24N4O3. The molecule has 0 saturated carbocycles. The second-order valence-electron chi connectivity index (χ2n) is 5.07. The number of amides is 1. The summed E-state index contributed by atoms with van der Waals surface area (Å²) in [6, 6.07) is -0.256. The van der Waals surface area contributed by atoms with Crippen molar-refractivity contribution in [1.29, 1.82) is 0 Å². The van der Waals surface area contributed by atoms with E-state index in [1.807, 2.05) is 16.8 Å². The number of carboxylic acids is 1. The Kier molecular flexibility index (Phi) is 6.20. The number of primary amides is 1. The standard InChI is InChI=1S/C12H24N4O3/c1-10(12(13)19)14(2)3-4-15-5-7-16(8-6-15)9-11(17)18/h10H,3-9H2,1-2H3,(H2,13,19)(H,17,18)/t10-/m0/s1. The first-order valence-corrected chi connectivity index (χ1v) is 6.56. The summed E-state index contributed by atoms with van der Waals surface area (Å²) in [6.45, 7) is 6.86. The molecule has 0 aromatic rings. The Hall–Kier alpha value is -1.18. The fourth-order valence-electron chi connectivity index (χ4n) is 2.07. The van der Waals surface area contributed by atoms with Crippen LogP contribution in [-0.2, 0) is 9.59 Å². The van der Waals surface area contributed by atoms with E-state index in [1.54, 1.807) is 6.92 Å². The maximum absolute atomic E-state index is 11.0. The molecule has 1 atom stereocenters. The minimum absolute atomic E-state index is 0.118. The van der Waals surface area contributed by atoms with Crippen LogP contribution < -0.4 is 5.73 Å². The molecule has 1 rings (SSSR count). The zero-order valence-corrected chi connectivity index (χ0v) is 11.7. The normalized spacial score (nSPS) is 19.5. The van der Waals surface area contributed by atoms with Crippen LogP contribution in [0.1, 0.15) is 6.92 Å². The zero-order chi connectivity index (χ0) is 14.4. The Morgan fingerprint density at radius 2 is 1.79 bits per heavy atom. The molecule has 0 aromatic carbocycles. The van der Waals surface area contributed by atoms with Crippen LogP contribution in [0.25, 0.3) is 0 Å². The molecule has 0 spiro atoms. The molecular weight excluding hydrogens is 248 g/mol. The first kappa shape index (κ1) is 15.9. The molecule has 0 unspecified atom stereocenters. The van der Waals surface area contributed by atoms with E-state index in [-0.39, 0.29) is 18.5 Å². The number of carbonyl (C=O) groups excluding carboxylic acids is 1. The Bertz CT molecular complexity index is 316. The maximum Gasteiger partial charge on any atom is 0.317 e. The predicted molar refractivity (Wildman–Crippen MR) is 71.8 cm³/mol. The summed E-state index contributed by atoms with van der Waals surface area (Å²) in [5.41, 5.74) is 5.25. The largest absolute Gasteiger partial charge is 0.480 e. The fraction of sp³-hybridized carbons (Fsp3) is 0.833. The van der Waals surface area contributed by atoms with E-state index in [9.17, 15) is 9.59 Å². The van der Waals surface area contributed by atoms with E-state index in [4.69, 9.17) is 10.8 Å². The van der Waals surface area contributed by atoms with Gasteiger partial charge in [0.2, 0.25) is 5.91 Å². The van der Waals surface area contributed by atoms with Crippen molar-refractivity contribution in [2.45, 2.75) is 13.0 Å². The van der Waals surface area contributed by atoms with Crippen molar-refractivity contribution >= 4 is 11.9 Å². The van der Waals surface area contributed by atoms with Gasteiger partial charge in [0.05, 0.1) is 12.6 Å². The van der Waals surface area contributed by atoms with Crippen LogP contribution in [0.5, 0.6) is 0 Å². The van der Waals surface area contributed by atoms with Crippen LogP contribution >= 0.6 is 0 Å². The molecule has 19 heavy (non-hydrogen) atoms. The molecule has 1 amide bonds. The lowest BCUT2D eigenvalue weighted by molar-refractivity contribution is -0.138. The van der Waals surface area contributed by atoms with Crippen LogP contribution in [0, 0.1) is 0 Å². The van der Waals surface area contributed by atoms with Gasteiger partial charge in [-0.3, -0.25) is 24.3 Å². The molecule has 1 saturated heterocycles. The topological polar surface area (TPSA) is 90.1 Å². The third kappa shape index (κ3) is 5.54. The van der Waals surface area contributed by atoms with E-state index < -0.39 is 5.97 Å². The van der Waals surface area contributed by atoms with Crippen molar-refractivity contribution < 1.29 is 14.7 Å². The van der Waals surface area contributed by atoms with Gasteiger partial charge in [0.15, 0.2) is 0 Å². The highest BCUT2D eigenvalue weighted by molar-refractivity contribution is 5.79. The van der Waals surface area contributed by atoms with Gasteiger partial charge in [-0.1, -0.05) is 0 Å². The number of rotatable bonds is 7. The number of hydrogen-bond donors (Lipinski definition) is 2. The van der Waals surface area contributed by atoms with Gasteiger partial charge in [-0.15, -0.1) is 0 Å². The van der Waals surface area contributed by atoms with Crippen molar-refractivity contribution in [2.75, 3.05) is 52.9 Å². The summed E-state index contributed by atoms with van der Waals surface area (Å²) in [5.74, 6) is -1.09. The average Bonchev–Trinajstić information content (AvgIpc) is 2.35. The van der Waals surface area contributed by atoms with Gasteiger partial charge in [-0.2, -0.15) is 0 Å². The van der Waals surface area contributed by atoms with Crippen LogP contribution in [0.3, 0.4) is 0 Å². The first-order valence-electron chi connectivity index (χ1n) is 6.56. The van der Waals surface area contributed by atoms with E-state index in [0.29, 0.717) is 0 Å². The van der Waals surface area contributed by atoms with Gasteiger partial charge in [0.1, 0.15) is 0 Å². The van der Waals surface area contributed by atoms with E-state index in [1.165, 1.54) is 0 Å². The highest BCUT2D eigenvalue weighted by atomic mass is 16.4. The van der Waals surface area contributed by atoms with Crippen molar-refractivity contribution in [2.24, 2.45) is 5.73 Å². The molecule has 1 fully saturated rings. The maximum atomic E-state index is 11.0. The Morgan fingerprint density at radius 3 is 2.26 bits per heavy atom. The lowest BCUT2D eigenvalue weighted by Crippen LogP contribution is -2.50. The average molecular weight is 272 g/mol. The molecule has 1 aliphatic rings. The molecule has 1 aliphatic heterocycles. The summed E-state index contributed by atoms with van der Waals surface area (Å²) in [5, 5.41) is 8.72. The van der Waals surface area contributed by atoms with E-state index in [2.05, 4.69) is 4.90 Å². The molecule has 110 valence electrons. The third-order valence-corrected chi connectivity index (χ3v) is 3.67. The number of likely N-dealkylation sites (N-methyl/N-ethyl adjacent to an activating group) is 1. The van der Waals surface area contributed by atoms with Crippen molar-refractivity contribution in [1.82, 2.24) is 14.7 Å². The van der Waals surface area contributed by atoms with Crippen LogP contribution in [0.2, 0.25) is 0 Å². The predicted octanol–water partition coefficient (Wildman–Crippen LogP) is -1.51. The minimum atomic E-state index is -0.775. The summed E-state index contributed by atoms with van der Waals surface area (Å²) in [6.07, 6.45) is 0. The lowest BCUT2D eigenvalue weighted by Gasteiger charge is -2.35. The van der Waals surface area contributed by atoms with Gasteiger partial charge in [-0.25, -0.2) is 0 Å². The van der Waals surface area contributed by atoms with Crippen molar-refractivity contribution in [3.63, 3.8) is 0 Å². The summed E-state index contributed by atoms with van der Waals surface area (Å²) < 4.78 is 0. The Balaban J connectivity index is 2.22. The summed E-state index contributed by atoms with van der Waals surface area (Å²) >= 11 is 0. The molecule has 0 aromatic heterocycles. The van der Waals surface area contributed by atoms with Crippen LogP contribution in [0.4, 0.5) is 0 Å².